The molecule has 1 aromatic heterocycles. The molecule has 15 heavy (non-hydrogen) atoms. The van der Waals surface area contributed by atoms with Gasteiger partial charge in [-0.15, -0.1) is 11.6 Å². The number of pyridine rings is 1. The zero-order valence-electron chi connectivity index (χ0n) is 8.42. The van der Waals surface area contributed by atoms with Gasteiger partial charge in [0.1, 0.15) is 11.6 Å². The van der Waals surface area contributed by atoms with E-state index in [1.165, 1.54) is 25.1 Å². The van der Waals surface area contributed by atoms with Gasteiger partial charge in [0.05, 0.1) is 6.20 Å². The Bertz CT molecular complexity index is 315. The Labute approximate surface area is 93.9 Å². The van der Waals surface area contributed by atoms with Crippen molar-refractivity contribution in [1.82, 2.24) is 4.98 Å². The lowest BCUT2D eigenvalue weighted by Gasteiger charge is -2.19. The summed E-state index contributed by atoms with van der Waals surface area (Å²) in [5.74, 6) is 1.62. The zero-order valence-corrected chi connectivity index (χ0v) is 9.17. The van der Waals surface area contributed by atoms with Gasteiger partial charge in [-0.2, -0.15) is 0 Å². The van der Waals surface area contributed by atoms with Gasteiger partial charge in [0.15, 0.2) is 0 Å². The molecule has 1 saturated carbocycles. The second-order valence-electron chi connectivity index (χ2n) is 3.96. The summed E-state index contributed by atoms with van der Waals surface area (Å²) in [5.41, 5.74) is 0. The molecule has 2 rings (SSSR count). The minimum Gasteiger partial charge on any atom is -0.367 e. The maximum Gasteiger partial charge on any atom is 0.141 e. The molecule has 0 aliphatic heterocycles. The van der Waals surface area contributed by atoms with Gasteiger partial charge >= 0.3 is 0 Å². The molecular formula is C11H14ClFN2. The highest BCUT2D eigenvalue weighted by molar-refractivity contribution is 6.18. The molecule has 1 aliphatic rings. The summed E-state index contributed by atoms with van der Waals surface area (Å²) in [5, 5.41) is 3.31. The van der Waals surface area contributed by atoms with Gasteiger partial charge < -0.3 is 5.32 Å². The van der Waals surface area contributed by atoms with Gasteiger partial charge in [-0.3, -0.25) is 0 Å². The van der Waals surface area contributed by atoms with Crippen molar-refractivity contribution in [3.63, 3.8) is 0 Å². The van der Waals surface area contributed by atoms with E-state index in [4.69, 9.17) is 11.6 Å². The van der Waals surface area contributed by atoms with E-state index in [1.807, 2.05) is 0 Å². The maximum atomic E-state index is 12.6. The SMILES string of the molecule is Fc1ccc(NC2CCCC2CCl)nc1. The summed E-state index contributed by atoms with van der Waals surface area (Å²) in [6.07, 6.45) is 4.72. The van der Waals surface area contributed by atoms with Crippen LogP contribution < -0.4 is 5.32 Å². The predicted octanol–water partition coefficient (Wildman–Crippen LogP) is 3.04. The molecule has 4 heteroatoms. The molecule has 0 spiro atoms. The second kappa shape index (κ2) is 4.79. The molecule has 1 heterocycles. The Morgan fingerprint density at radius 3 is 3.00 bits per heavy atom. The first kappa shape index (κ1) is 10.7. The molecule has 0 bridgehead atoms. The van der Waals surface area contributed by atoms with E-state index in [0.29, 0.717) is 17.8 Å². The summed E-state index contributed by atoms with van der Waals surface area (Å²) < 4.78 is 12.6. The van der Waals surface area contributed by atoms with Gasteiger partial charge in [0.2, 0.25) is 0 Å². The van der Waals surface area contributed by atoms with Crippen molar-refractivity contribution in [1.29, 1.82) is 0 Å². The van der Waals surface area contributed by atoms with Crippen LogP contribution in [0.2, 0.25) is 0 Å². The first-order valence-corrected chi connectivity index (χ1v) is 5.77. The van der Waals surface area contributed by atoms with E-state index in [-0.39, 0.29) is 5.82 Å². The minimum absolute atomic E-state index is 0.305. The number of rotatable bonds is 3. The van der Waals surface area contributed by atoms with Gasteiger partial charge in [-0.05, 0) is 30.9 Å². The van der Waals surface area contributed by atoms with Crippen LogP contribution in [0.5, 0.6) is 0 Å². The third-order valence-corrected chi connectivity index (χ3v) is 3.31. The van der Waals surface area contributed by atoms with Crippen LogP contribution in [0.1, 0.15) is 19.3 Å². The lowest BCUT2D eigenvalue weighted by Crippen LogP contribution is -2.25. The Balaban J connectivity index is 1.99. The van der Waals surface area contributed by atoms with E-state index in [9.17, 15) is 4.39 Å². The van der Waals surface area contributed by atoms with Crippen LogP contribution >= 0.6 is 11.6 Å². The number of halogens is 2. The second-order valence-corrected chi connectivity index (χ2v) is 4.27. The molecule has 0 radical (unpaired) electrons. The normalized spacial score (nSPS) is 25.5. The maximum absolute atomic E-state index is 12.6. The molecule has 2 nitrogen and oxygen atoms in total. The van der Waals surface area contributed by atoms with Gasteiger partial charge in [0, 0.05) is 11.9 Å². The quantitative estimate of drug-likeness (QED) is 0.805. The van der Waals surface area contributed by atoms with Crippen molar-refractivity contribution in [2.24, 2.45) is 5.92 Å². The third kappa shape index (κ3) is 2.59. The number of aromatic nitrogens is 1. The number of nitrogens with one attached hydrogen (secondary N) is 1. The average molecular weight is 229 g/mol. The van der Waals surface area contributed by atoms with E-state index in [1.54, 1.807) is 6.07 Å². The number of nitrogens with zero attached hydrogens (tertiary/aromatic N) is 1. The molecule has 2 atom stereocenters. The third-order valence-electron chi connectivity index (χ3n) is 2.92. The highest BCUT2D eigenvalue weighted by Gasteiger charge is 2.26. The molecule has 1 aromatic rings. The van der Waals surface area contributed by atoms with Crippen LogP contribution in [0.15, 0.2) is 18.3 Å². The Kier molecular flexibility index (Phi) is 3.41. The number of anilines is 1. The van der Waals surface area contributed by atoms with Crippen molar-refractivity contribution < 1.29 is 4.39 Å². The van der Waals surface area contributed by atoms with Crippen LogP contribution in [0.3, 0.4) is 0 Å². The Hall–Kier alpha value is -0.830. The van der Waals surface area contributed by atoms with E-state index < -0.39 is 0 Å². The number of hydrogen-bond acceptors (Lipinski definition) is 2. The van der Waals surface area contributed by atoms with E-state index in [2.05, 4.69) is 10.3 Å². The predicted molar refractivity (Wildman–Crippen MR) is 59.7 cm³/mol. The highest BCUT2D eigenvalue weighted by atomic mass is 35.5. The molecule has 0 saturated heterocycles. The first-order chi connectivity index (χ1) is 7.29. The topological polar surface area (TPSA) is 24.9 Å². The van der Waals surface area contributed by atoms with Crippen LogP contribution in [0.4, 0.5) is 10.2 Å². The van der Waals surface area contributed by atoms with Crippen LogP contribution in [-0.4, -0.2) is 16.9 Å². The van der Waals surface area contributed by atoms with Crippen LogP contribution in [-0.2, 0) is 0 Å². The van der Waals surface area contributed by atoms with Crippen molar-refractivity contribution in [3.05, 3.63) is 24.1 Å². The fourth-order valence-corrected chi connectivity index (χ4v) is 2.43. The first-order valence-electron chi connectivity index (χ1n) is 5.23. The smallest absolute Gasteiger partial charge is 0.141 e. The molecule has 0 aromatic carbocycles. The molecule has 82 valence electrons. The molecule has 1 N–H and O–H groups in total. The van der Waals surface area contributed by atoms with Gasteiger partial charge in [-0.25, -0.2) is 9.37 Å². The molecule has 1 aliphatic carbocycles. The van der Waals surface area contributed by atoms with Gasteiger partial charge in [0.25, 0.3) is 0 Å². The highest BCUT2D eigenvalue weighted by Crippen LogP contribution is 2.28. The van der Waals surface area contributed by atoms with E-state index in [0.717, 1.165) is 12.2 Å². The minimum atomic E-state index is -0.305. The fourth-order valence-electron chi connectivity index (χ4n) is 2.06. The Morgan fingerprint density at radius 1 is 1.47 bits per heavy atom. The molecule has 1 fully saturated rings. The molecule has 0 amide bonds. The van der Waals surface area contributed by atoms with Crippen molar-refractivity contribution in [3.8, 4) is 0 Å². The molecule has 2 unspecified atom stereocenters. The lowest BCUT2D eigenvalue weighted by atomic mass is 10.1. The van der Waals surface area contributed by atoms with E-state index >= 15 is 0 Å². The summed E-state index contributed by atoms with van der Waals surface area (Å²) >= 11 is 5.87. The fraction of sp³-hybridized carbons (Fsp3) is 0.545. The number of alkyl halides is 1. The summed E-state index contributed by atoms with van der Waals surface area (Å²) in [6, 6.07) is 3.47. The standard InChI is InChI=1S/C11H14ClFN2/c12-6-8-2-1-3-10(8)15-11-5-4-9(13)7-14-11/h4-5,7-8,10H,1-3,6H2,(H,14,15). The van der Waals surface area contributed by atoms with Crippen molar-refractivity contribution >= 4 is 17.4 Å². The monoisotopic (exact) mass is 228 g/mol. The number of hydrogen-bond donors (Lipinski definition) is 1. The van der Waals surface area contributed by atoms with Crippen LogP contribution in [0.25, 0.3) is 0 Å². The van der Waals surface area contributed by atoms with Crippen molar-refractivity contribution in [2.75, 3.05) is 11.2 Å². The summed E-state index contributed by atoms with van der Waals surface area (Å²) in [4.78, 5) is 3.98. The average Bonchev–Trinajstić information content (AvgIpc) is 2.69. The Morgan fingerprint density at radius 2 is 2.33 bits per heavy atom. The zero-order chi connectivity index (χ0) is 10.7. The largest absolute Gasteiger partial charge is 0.367 e. The summed E-state index contributed by atoms with van der Waals surface area (Å²) in [6.45, 7) is 0. The molecular weight excluding hydrogens is 215 g/mol. The lowest BCUT2D eigenvalue weighted by molar-refractivity contribution is 0.560. The van der Waals surface area contributed by atoms with Crippen LogP contribution in [0, 0.1) is 11.7 Å². The van der Waals surface area contributed by atoms with Gasteiger partial charge in [-0.1, -0.05) is 6.42 Å². The summed E-state index contributed by atoms with van der Waals surface area (Å²) in [7, 11) is 0. The van der Waals surface area contributed by atoms with Crippen molar-refractivity contribution in [2.45, 2.75) is 25.3 Å².